The average molecular weight is 567 g/mol. The Morgan fingerprint density at radius 1 is 1.16 bits per heavy atom. The van der Waals surface area contributed by atoms with E-state index in [1.165, 1.54) is 6.08 Å². The Morgan fingerprint density at radius 3 is 2.52 bits per heavy atom. The van der Waals surface area contributed by atoms with Gasteiger partial charge in [-0.25, -0.2) is 0 Å². The van der Waals surface area contributed by atoms with E-state index in [9.17, 15) is 14.4 Å². The molecule has 0 unspecified atom stereocenters. The molecule has 0 saturated carbocycles. The van der Waals surface area contributed by atoms with Crippen molar-refractivity contribution in [2.24, 2.45) is 0 Å². The highest BCUT2D eigenvalue weighted by Crippen LogP contribution is 2.34. The minimum atomic E-state index is -0.622. The van der Waals surface area contributed by atoms with Crippen molar-refractivity contribution in [3.8, 4) is 5.75 Å². The van der Waals surface area contributed by atoms with Gasteiger partial charge in [-0.2, -0.15) is 0 Å². The molecule has 1 aliphatic heterocycles. The predicted molar refractivity (Wildman–Crippen MR) is 129 cm³/mol. The third-order valence-corrected chi connectivity index (χ3v) is 5.76. The zero-order valence-corrected chi connectivity index (χ0v) is 20.5. The van der Waals surface area contributed by atoms with Crippen molar-refractivity contribution < 1.29 is 19.1 Å². The quantitative estimate of drug-likeness (QED) is 0.291. The number of halogens is 2. The third-order valence-electron chi connectivity index (χ3n) is 4.51. The molecule has 3 amide bonds. The number of amides is 3. The van der Waals surface area contributed by atoms with E-state index in [0.717, 1.165) is 11.1 Å². The first-order valence-corrected chi connectivity index (χ1v) is 11.0. The molecule has 1 fully saturated rings. The van der Waals surface area contributed by atoms with E-state index in [0.29, 0.717) is 25.9 Å². The standard InChI is InChI=1S/C21H17Br2N3O4S/c1-10-4-3-5-16(11(10)2)24-17(27)9-30-18-12(6-13(22)8-15(18)23)7-14-19(28)25-21(31)26-20(14)29/h3-8H,9H2,1-2H3,(H,24,27)(H2,25,26,28,29,31). The number of carbonyl (C=O) groups excluding carboxylic acids is 3. The molecule has 0 spiro atoms. The molecule has 2 aromatic rings. The number of nitrogens with one attached hydrogen (secondary N) is 3. The van der Waals surface area contributed by atoms with Gasteiger partial charge < -0.3 is 10.1 Å². The SMILES string of the molecule is Cc1cccc(NC(=O)COc2c(Br)cc(Br)cc2C=C2C(=O)NC(=S)NC2=O)c1C. The smallest absolute Gasteiger partial charge is 0.263 e. The number of carbonyl (C=O) groups is 3. The van der Waals surface area contributed by atoms with Crippen LogP contribution in [0.1, 0.15) is 16.7 Å². The molecular weight excluding hydrogens is 550 g/mol. The molecule has 2 aromatic carbocycles. The van der Waals surface area contributed by atoms with E-state index >= 15 is 0 Å². The summed E-state index contributed by atoms with van der Waals surface area (Å²) in [6.45, 7) is 3.62. The van der Waals surface area contributed by atoms with Crippen LogP contribution < -0.4 is 20.7 Å². The Bertz CT molecular complexity index is 1130. The second kappa shape index (κ2) is 9.71. The van der Waals surface area contributed by atoms with Gasteiger partial charge >= 0.3 is 0 Å². The summed E-state index contributed by atoms with van der Waals surface area (Å²) in [5.41, 5.74) is 3.03. The van der Waals surface area contributed by atoms with Crippen LogP contribution in [0.25, 0.3) is 6.08 Å². The Labute approximate surface area is 200 Å². The van der Waals surface area contributed by atoms with Crippen molar-refractivity contribution in [1.82, 2.24) is 10.6 Å². The molecule has 0 aliphatic carbocycles. The van der Waals surface area contributed by atoms with Crippen LogP contribution in [0.15, 0.2) is 44.9 Å². The lowest BCUT2D eigenvalue weighted by atomic mass is 10.1. The number of anilines is 1. The minimum Gasteiger partial charge on any atom is -0.482 e. The van der Waals surface area contributed by atoms with Gasteiger partial charge in [-0.15, -0.1) is 0 Å². The van der Waals surface area contributed by atoms with Crippen molar-refractivity contribution in [3.05, 3.63) is 61.5 Å². The molecule has 0 atom stereocenters. The van der Waals surface area contributed by atoms with E-state index in [1.807, 2.05) is 32.0 Å². The van der Waals surface area contributed by atoms with Crippen molar-refractivity contribution in [1.29, 1.82) is 0 Å². The molecule has 160 valence electrons. The minimum absolute atomic E-state index is 0.0536. The molecule has 10 heteroatoms. The van der Waals surface area contributed by atoms with E-state index in [1.54, 1.807) is 12.1 Å². The van der Waals surface area contributed by atoms with Crippen LogP contribution in [0.3, 0.4) is 0 Å². The lowest BCUT2D eigenvalue weighted by Gasteiger charge is -2.17. The fourth-order valence-corrected chi connectivity index (χ4v) is 4.37. The summed E-state index contributed by atoms with van der Waals surface area (Å²) in [5.74, 6) is -1.28. The van der Waals surface area contributed by atoms with E-state index in [2.05, 4.69) is 47.8 Å². The van der Waals surface area contributed by atoms with E-state index in [-0.39, 0.29) is 23.2 Å². The zero-order chi connectivity index (χ0) is 22.7. The number of ether oxygens (including phenoxy) is 1. The first-order chi connectivity index (χ1) is 14.7. The van der Waals surface area contributed by atoms with Gasteiger partial charge in [0.2, 0.25) is 0 Å². The largest absolute Gasteiger partial charge is 0.482 e. The first kappa shape index (κ1) is 23.1. The first-order valence-electron chi connectivity index (χ1n) is 9.02. The Morgan fingerprint density at radius 2 is 1.84 bits per heavy atom. The normalized spacial score (nSPS) is 13.4. The van der Waals surface area contributed by atoms with Crippen LogP contribution in [0.5, 0.6) is 5.75 Å². The fraction of sp³-hybridized carbons (Fsp3) is 0.143. The molecule has 3 rings (SSSR count). The molecule has 3 N–H and O–H groups in total. The van der Waals surface area contributed by atoms with Gasteiger partial charge in [-0.05, 0) is 77.4 Å². The van der Waals surface area contributed by atoms with Crippen molar-refractivity contribution in [2.75, 3.05) is 11.9 Å². The highest BCUT2D eigenvalue weighted by molar-refractivity contribution is 9.11. The number of benzene rings is 2. The third kappa shape index (κ3) is 5.57. The number of thiocarbonyl (C=S) groups is 1. The molecule has 1 aliphatic rings. The molecule has 0 aromatic heterocycles. The van der Waals surface area contributed by atoms with Gasteiger partial charge in [-0.3, -0.25) is 25.0 Å². The topological polar surface area (TPSA) is 96.5 Å². The zero-order valence-electron chi connectivity index (χ0n) is 16.5. The highest BCUT2D eigenvalue weighted by atomic mass is 79.9. The lowest BCUT2D eigenvalue weighted by molar-refractivity contribution is -0.123. The van der Waals surface area contributed by atoms with E-state index in [4.69, 9.17) is 17.0 Å². The van der Waals surface area contributed by atoms with Gasteiger partial charge in [-0.1, -0.05) is 28.1 Å². The van der Waals surface area contributed by atoms with Crippen molar-refractivity contribution >= 4 is 78.7 Å². The Hall–Kier alpha value is -2.56. The number of rotatable bonds is 5. The molecule has 0 bridgehead atoms. The molecule has 1 saturated heterocycles. The van der Waals surface area contributed by atoms with Gasteiger partial charge in [0.05, 0.1) is 4.47 Å². The number of aryl methyl sites for hydroxylation is 1. The Balaban J connectivity index is 1.83. The Kier molecular flexibility index (Phi) is 7.24. The lowest BCUT2D eigenvalue weighted by Crippen LogP contribution is -2.51. The van der Waals surface area contributed by atoms with Crippen LogP contribution in [0.4, 0.5) is 5.69 Å². The van der Waals surface area contributed by atoms with E-state index < -0.39 is 11.8 Å². The van der Waals surface area contributed by atoms with Gasteiger partial charge in [0.1, 0.15) is 11.3 Å². The van der Waals surface area contributed by atoms with Crippen LogP contribution >= 0.6 is 44.1 Å². The van der Waals surface area contributed by atoms with Gasteiger partial charge in [0.25, 0.3) is 17.7 Å². The second-order valence-electron chi connectivity index (χ2n) is 6.69. The van der Waals surface area contributed by atoms with Crippen LogP contribution in [0, 0.1) is 13.8 Å². The monoisotopic (exact) mass is 565 g/mol. The van der Waals surface area contributed by atoms with Gasteiger partial charge in [0.15, 0.2) is 11.7 Å². The summed E-state index contributed by atoms with van der Waals surface area (Å²) < 4.78 is 6.97. The maximum atomic E-state index is 12.5. The second-order valence-corrected chi connectivity index (χ2v) is 8.86. The van der Waals surface area contributed by atoms with Gasteiger partial charge in [0, 0.05) is 15.7 Å². The number of hydrogen-bond acceptors (Lipinski definition) is 5. The number of hydrogen-bond donors (Lipinski definition) is 3. The van der Waals surface area contributed by atoms with Crippen LogP contribution in [-0.4, -0.2) is 29.4 Å². The summed E-state index contributed by atoms with van der Waals surface area (Å²) >= 11 is 11.6. The molecule has 7 nitrogen and oxygen atoms in total. The highest BCUT2D eigenvalue weighted by Gasteiger charge is 2.26. The van der Waals surface area contributed by atoms with Crippen LogP contribution in [-0.2, 0) is 14.4 Å². The molecule has 31 heavy (non-hydrogen) atoms. The molecule has 1 heterocycles. The fourth-order valence-electron chi connectivity index (χ4n) is 2.81. The summed E-state index contributed by atoms with van der Waals surface area (Å²) in [7, 11) is 0. The van der Waals surface area contributed by atoms with Crippen LogP contribution in [0.2, 0.25) is 0 Å². The summed E-state index contributed by atoms with van der Waals surface area (Å²) in [5, 5.41) is 7.53. The maximum Gasteiger partial charge on any atom is 0.263 e. The molecular formula is C21H17Br2N3O4S. The predicted octanol–water partition coefficient (Wildman–Crippen LogP) is 3.76. The molecule has 0 radical (unpaired) electrons. The summed E-state index contributed by atoms with van der Waals surface area (Å²) in [6, 6.07) is 9.04. The summed E-state index contributed by atoms with van der Waals surface area (Å²) in [4.78, 5) is 36.8. The van der Waals surface area contributed by atoms with Crippen molar-refractivity contribution in [3.63, 3.8) is 0 Å². The average Bonchev–Trinajstić information content (AvgIpc) is 2.67. The van der Waals surface area contributed by atoms with Crippen molar-refractivity contribution in [2.45, 2.75) is 13.8 Å². The summed E-state index contributed by atoms with van der Waals surface area (Å²) in [6.07, 6.45) is 1.37. The maximum absolute atomic E-state index is 12.5.